The van der Waals surface area contributed by atoms with Crippen LogP contribution in [0.15, 0.2) is 18.2 Å². The van der Waals surface area contributed by atoms with Gasteiger partial charge in [0, 0.05) is 19.7 Å². The lowest BCUT2D eigenvalue weighted by Gasteiger charge is -2.15. The summed E-state index contributed by atoms with van der Waals surface area (Å²) in [5.41, 5.74) is 13.6. The van der Waals surface area contributed by atoms with Crippen LogP contribution in [0.1, 0.15) is 11.1 Å². The van der Waals surface area contributed by atoms with E-state index in [1.54, 1.807) is 18.2 Å². The number of hydrogen-bond donors (Lipinski definition) is 2. The van der Waals surface area contributed by atoms with E-state index in [9.17, 15) is 10.5 Å². The van der Waals surface area contributed by atoms with Crippen LogP contribution in [0.5, 0.6) is 0 Å². The molecule has 0 radical (unpaired) electrons. The second kappa shape index (κ2) is 5.35. The number of nitrogen functional groups attached to an aromatic ring is 2. The van der Waals surface area contributed by atoms with Gasteiger partial charge in [0.2, 0.25) is 5.95 Å². The topological polar surface area (TPSA) is 129 Å². The highest BCUT2D eigenvalue weighted by molar-refractivity contribution is 5.76. The molecule has 0 amide bonds. The molecule has 0 saturated carbocycles. The fourth-order valence-electron chi connectivity index (χ4n) is 1.98. The molecule has 7 heteroatoms. The summed E-state index contributed by atoms with van der Waals surface area (Å²) in [6.45, 7) is 0. The van der Waals surface area contributed by atoms with E-state index in [2.05, 4.69) is 16.0 Å². The molecule has 0 spiro atoms. The Morgan fingerprint density at radius 2 is 1.81 bits per heavy atom. The Bertz CT molecular complexity index is 781. The van der Waals surface area contributed by atoms with E-state index in [-0.39, 0.29) is 17.3 Å². The van der Waals surface area contributed by atoms with Crippen molar-refractivity contribution >= 4 is 17.5 Å². The van der Waals surface area contributed by atoms with Crippen molar-refractivity contribution in [1.29, 1.82) is 10.5 Å². The predicted octanol–water partition coefficient (Wildman–Crippen LogP) is 1.12. The van der Waals surface area contributed by atoms with E-state index in [4.69, 9.17) is 11.5 Å². The van der Waals surface area contributed by atoms with Crippen LogP contribution in [-0.4, -0.2) is 24.1 Å². The van der Waals surface area contributed by atoms with Crippen LogP contribution in [0.2, 0.25) is 0 Å². The van der Waals surface area contributed by atoms with Crippen molar-refractivity contribution < 1.29 is 0 Å². The van der Waals surface area contributed by atoms with Crippen LogP contribution in [0.3, 0.4) is 0 Å². The lowest BCUT2D eigenvalue weighted by molar-refractivity contribution is 1.12. The average Bonchev–Trinajstić information content (AvgIpc) is 2.45. The first-order valence-corrected chi connectivity index (χ1v) is 6.03. The van der Waals surface area contributed by atoms with Crippen LogP contribution in [0.25, 0.3) is 11.3 Å². The van der Waals surface area contributed by atoms with Crippen molar-refractivity contribution in [1.82, 2.24) is 9.97 Å². The molecule has 0 bridgehead atoms. The molecule has 7 nitrogen and oxygen atoms in total. The first-order chi connectivity index (χ1) is 9.97. The summed E-state index contributed by atoms with van der Waals surface area (Å²) >= 11 is 0. The third-order valence-electron chi connectivity index (χ3n) is 2.94. The SMILES string of the molecule is CN(C)c1ccc(-c2nc(N)nc(N)c2C#N)cc1C#N. The number of nitrogens with two attached hydrogens (primary N) is 2. The molecule has 2 rings (SSSR count). The van der Waals surface area contributed by atoms with Gasteiger partial charge in [-0.15, -0.1) is 0 Å². The fourth-order valence-corrected chi connectivity index (χ4v) is 1.98. The molecule has 0 fully saturated rings. The van der Waals surface area contributed by atoms with Gasteiger partial charge in [0.15, 0.2) is 0 Å². The van der Waals surface area contributed by atoms with Gasteiger partial charge in [-0.25, -0.2) is 4.98 Å². The molecule has 1 aromatic heterocycles. The maximum absolute atomic E-state index is 9.25. The third-order valence-corrected chi connectivity index (χ3v) is 2.94. The summed E-state index contributed by atoms with van der Waals surface area (Å²) in [5.74, 6) is 0.00638. The van der Waals surface area contributed by atoms with E-state index in [0.717, 1.165) is 5.69 Å². The number of nitrogens with zero attached hydrogens (tertiary/aromatic N) is 5. The van der Waals surface area contributed by atoms with Gasteiger partial charge in [-0.05, 0) is 12.1 Å². The molecule has 104 valence electrons. The van der Waals surface area contributed by atoms with Crippen LogP contribution in [0.4, 0.5) is 17.5 Å². The number of benzene rings is 1. The van der Waals surface area contributed by atoms with Gasteiger partial charge in [-0.3, -0.25) is 0 Å². The lowest BCUT2D eigenvalue weighted by atomic mass is 10.0. The monoisotopic (exact) mass is 279 g/mol. The molecule has 0 aliphatic heterocycles. The third kappa shape index (κ3) is 2.53. The Hall–Kier alpha value is -3.32. The minimum Gasteiger partial charge on any atom is -0.382 e. The minimum absolute atomic E-state index is 0.0170. The van der Waals surface area contributed by atoms with Crippen molar-refractivity contribution in [2.75, 3.05) is 30.5 Å². The van der Waals surface area contributed by atoms with Crippen LogP contribution >= 0.6 is 0 Å². The molecular formula is C14H13N7. The Morgan fingerprint density at radius 1 is 1.10 bits per heavy atom. The van der Waals surface area contributed by atoms with Gasteiger partial charge in [-0.2, -0.15) is 15.5 Å². The molecule has 2 aromatic rings. The Morgan fingerprint density at radius 3 is 2.38 bits per heavy atom. The molecule has 0 aliphatic carbocycles. The van der Waals surface area contributed by atoms with Gasteiger partial charge in [0.1, 0.15) is 23.5 Å². The van der Waals surface area contributed by atoms with Crippen molar-refractivity contribution in [2.45, 2.75) is 0 Å². The average molecular weight is 279 g/mol. The first-order valence-electron chi connectivity index (χ1n) is 6.03. The Labute approximate surface area is 122 Å². The summed E-state index contributed by atoms with van der Waals surface area (Å²) in [4.78, 5) is 9.66. The highest BCUT2D eigenvalue weighted by Crippen LogP contribution is 2.29. The molecule has 0 unspecified atom stereocenters. The zero-order valence-electron chi connectivity index (χ0n) is 11.6. The number of aromatic nitrogens is 2. The highest BCUT2D eigenvalue weighted by Gasteiger charge is 2.15. The summed E-state index contributed by atoms with van der Waals surface area (Å²) in [7, 11) is 3.69. The standard InChI is InChI=1S/C14H13N7/c1-21(2)11-4-3-8(5-9(11)6-15)12-10(7-16)13(17)20-14(18)19-12/h3-5H,1-2H3,(H4,17,18,19,20). The second-order valence-corrected chi connectivity index (χ2v) is 4.54. The predicted molar refractivity (Wildman–Crippen MR) is 80.0 cm³/mol. The zero-order chi connectivity index (χ0) is 15.6. The molecule has 21 heavy (non-hydrogen) atoms. The van der Waals surface area contributed by atoms with E-state index in [1.165, 1.54) is 0 Å². The molecular weight excluding hydrogens is 266 g/mol. The molecule has 0 aliphatic rings. The molecule has 1 aromatic carbocycles. The zero-order valence-corrected chi connectivity index (χ0v) is 11.6. The summed E-state index contributed by atoms with van der Waals surface area (Å²) in [6, 6.07) is 9.28. The fraction of sp³-hybridized carbons (Fsp3) is 0.143. The van der Waals surface area contributed by atoms with Crippen LogP contribution in [0, 0.1) is 22.7 Å². The van der Waals surface area contributed by atoms with E-state index >= 15 is 0 Å². The minimum atomic E-state index is -0.0170. The highest BCUT2D eigenvalue weighted by atomic mass is 15.1. The summed E-state index contributed by atoms with van der Waals surface area (Å²) in [5, 5.41) is 18.4. The summed E-state index contributed by atoms with van der Waals surface area (Å²) in [6.07, 6.45) is 0. The first kappa shape index (κ1) is 14.1. The number of anilines is 3. The smallest absolute Gasteiger partial charge is 0.222 e. The van der Waals surface area contributed by atoms with E-state index in [0.29, 0.717) is 16.8 Å². The van der Waals surface area contributed by atoms with E-state index in [1.807, 2.05) is 25.1 Å². The quantitative estimate of drug-likeness (QED) is 0.842. The summed E-state index contributed by atoms with van der Waals surface area (Å²) < 4.78 is 0. The number of rotatable bonds is 2. The normalized spacial score (nSPS) is 9.71. The van der Waals surface area contributed by atoms with Gasteiger partial charge < -0.3 is 16.4 Å². The maximum Gasteiger partial charge on any atom is 0.222 e. The molecule has 0 saturated heterocycles. The second-order valence-electron chi connectivity index (χ2n) is 4.54. The van der Waals surface area contributed by atoms with Gasteiger partial charge in [-0.1, -0.05) is 6.07 Å². The Kier molecular flexibility index (Phi) is 3.59. The van der Waals surface area contributed by atoms with Gasteiger partial charge in [0.25, 0.3) is 0 Å². The number of hydrogen-bond acceptors (Lipinski definition) is 7. The van der Waals surface area contributed by atoms with Crippen molar-refractivity contribution in [3.05, 3.63) is 29.3 Å². The largest absolute Gasteiger partial charge is 0.382 e. The lowest BCUT2D eigenvalue weighted by Crippen LogP contribution is -2.10. The molecule has 1 heterocycles. The van der Waals surface area contributed by atoms with E-state index < -0.39 is 0 Å². The maximum atomic E-state index is 9.25. The van der Waals surface area contributed by atoms with Crippen molar-refractivity contribution in [3.63, 3.8) is 0 Å². The Balaban J connectivity index is 2.70. The van der Waals surface area contributed by atoms with Crippen LogP contribution < -0.4 is 16.4 Å². The van der Waals surface area contributed by atoms with Gasteiger partial charge >= 0.3 is 0 Å². The van der Waals surface area contributed by atoms with Crippen molar-refractivity contribution in [3.8, 4) is 23.4 Å². The molecule has 0 atom stereocenters. The number of nitriles is 2. The van der Waals surface area contributed by atoms with Crippen LogP contribution in [-0.2, 0) is 0 Å². The molecule has 4 N–H and O–H groups in total. The van der Waals surface area contributed by atoms with Gasteiger partial charge in [0.05, 0.1) is 16.9 Å². The van der Waals surface area contributed by atoms with Crippen molar-refractivity contribution in [2.24, 2.45) is 0 Å².